The lowest BCUT2D eigenvalue weighted by Gasteiger charge is -2.19. The first-order valence-corrected chi connectivity index (χ1v) is 6.20. The van der Waals surface area contributed by atoms with Crippen LogP contribution in [0.5, 0.6) is 0 Å². The summed E-state index contributed by atoms with van der Waals surface area (Å²) in [5.41, 5.74) is 3.74. The summed E-state index contributed by atoms with van der Waals surface area (Å²) in [5.74, 6) is 0. The molecule has 0 fully saturated rings. The molecule has 0 amide bonds. The van der Waals surface area contributed by atoms with Crippen LogP contribution in [0.3, 0.4) is 0 Å². The topological polar surface area (TPSA) is 76.7 Å². The second-order valence-corrected chi connectivity index (χ2v) is 5.47. The van der Waals surface area contributed by atoms with Crippen molar-refractivity contribution in [1.29, 1.82) is 0 Å². The van der Waals surface area contributed by atoms with E-state index in [4.69, 9.17) is 5.73 Å². The first kappa shape index (κ1) is 15.3. The number of aromatic amines is 1. The first-order chi connectivity index (χ1) is 9.58. The zero-order valence-electron chi connectivity index (χ0n) is 11.5. The molecule has 0 atom stereocenters. The Kier molecular flexibility index (Phi) is 3.66. The van der Waals surface area contributed by atoms with Crippen molar-refractivity contribution >= 4 is 0 Å². The number of hydrogen-bond donors (Lipinski definition) is 2. The van der Waals surface area contributed by atoms with Crippen molar-refractivity contribution in [1.82, 2.24) is 14.8 Å². The van der Waals surface area contributed by atoms with Gasteiger partial charge in [0.15, 0.2) is 5.69 Å². The fraction of sp³-hybridized carbons (Fsp3) is 0.385. The molecule has 0 aromatic carbocycles. The second-order valence-electron chi connectivity index (χ2n) is 5.47. The van der Waals surface area contributed by atoms with E-state index in [1.54, 1.807) is 13.8 Å². The SMILES string of the molecule is CC(C)(N)Cn1nc(C(F)(F)F)cc1-c1ccc[nH]c1=O. The van der Waals surface area contributed by atoms with Crippen molar-refractivity contribution < 1.29 is 13.2 Å². The van der Waals surface area contributed by atoms with Crippen LogP contribution < -0.4 is 11.3 Å². The molecule has 0 bridgehead atoms. The number of nitrogens with two attached hydrogens (primary N) is 1. The maximum absolute atomic E-state index is 12.8. The maximum atomic E-state index is 12.8. The van der Waals surface area contributed by atoms with E-state index in [0.29, 0.717) is 0 Å². The molecular formula is C13H15F3N4O. The van der Waals surface area contributed by atoms with Gasteiger partial charge in [0.2, 0.25) is 0 Å². The molecule has 0 saturated carbocycles. The van der Waals surface area contributed by atoms with E-state index in [1.165, 1.54) is 18.3 Å². The third kappa shape index (κ3) is 3.52. The van der Waals surface area contributed by atoms with Crippen LogP contribution in [-0.2, 0) is 12.7 Å². The molecule has 21 heavy (non-hydrogen) atoms. The average molecular weight is 300 g/mol. The summed E-state index contributed by atoms with van der Waals surface area (Å²) in [5, 5.41) is 3.54. The van der Waals surface area contributed by atoms with Crippen LogP contribution in [0.25, 0.3) is 11.3 Å². The molecule has 0 aliphatic heterocycles. The van der Waals surface area contributed by atoms with Gasteiger partial charge in [0.25, 0.3) is 5.56 Å². The second kappa shape index (κ2) is 5.03. The van der Waals surface area contributed by atoms with Crippen molar-refractivity contribution in [2.75, 3.05) is 0 Å². The van der Waals surface area contributed by atoms with E-state index in [2.05, 4.69) is 10.1 Å². The Hall–Kier alpha value is -2.09. The Labute approximate surface area is 118 Å². The summed E-state index contributed by atoms with van der Waals surface area (Å²) >= 11 is 0. The Morgan fingerprint density at radius 1 is 1.38 bits per heavy atom. The summed E-state index contributed by atoms with van der Waals surface area (Å²) in [6, 6.07) is 3.83. The number of hydrogen-bond acceptors (Lipinski definition) is 3. The van der Waals surface area contributed by atoms with Gasteiger partial charge in [0, 0.05) is 11.7 Å². The Bertz CT molecular complexity index is 694. The molecule has 114 valence electrons. The zero-order chi connectivity index (χ0) is 15.8. The van der Waals surface area contributed by atoms with Gasteiger partial charge in [-0.3, -0.25) is 9.48 Å². The van der Waals surface area contributed by atoms with E-state index in [-0.39, 0.29) is 17.8 Å². The maximum Gasteiger partial charge on any atom is 0.435 e. The molecular weight excluding hydrogens is 285 g/mol. The molecule has 2 rings (SSSR count). The predicted molar refractivity (Wildman–Crippen MR) is 71.6 cm³/mol. The van der Waals surface area contributed by atoms with Gasteiger partial charge >= 0.3 is 6.18 Å². The number of H-pyrrole nitrogens is 1. The summed E-state index contributed by atoms with van der Waals surface area (Å²) in [7, 11) is 0. The first-order valence-electron chi connectivity index (χ1n) is 6.20. The standard InChI is InChI=1S/C13H15F3N4O/c1-12(2,17)7-20-9(6-10(19-20)13(14,15)16)8-4-3-5-18-11(8)21/h3-6H,7,17H2,1-2H3,(H,18,21). The minimum atomic E-state index is -4.58. The molecule has 2 aromatic rings. The van der Waals surface area contributed by atoms with Crippen molar-refractivity contribution in [2.24, 2.45) is 5.73 Å². The smallest absolute Gasteiger partial charge is 0.329 e. The van der Waals surface area contributed by atoms with Gasteiger partial charge in [-0.25, -0.2) is 0 Å². The van der Waals surface area contributed by atoms with Crippen LogP contribution in [0.4, 0.5) is 13.2 Å². The van der Waals surface area contributed by atoms with Gasteiger partial charge in [0.05, 0.1) is 17.8 Å². The van der Waals surface area contributed by atoms with E-state index in [9.17, 15) is 18.0 Å². The molecule has 0 unspecified atom stereocenters. The molecule has 5 nitrogen and oxygen atoms in total. The number of aromatic nitrogens is 3. The van der Waals surface area contributed by atoms with Gasteiger partial charge in [-0.15, -0.1) is 0 Å². The van der Waals surface area contributed by atoms with Gasteiger partial charge in [-0.2, -0.15) is 18.3 Å². The van der Waals surface area contributed by atoms with Crippen molar-refractivity contribution in [2.45, 2.75) is 32.1 Å². The van der Waals surface area contributed by atoms with Gasteiger partial charge in [0.1, 0.15) is 0 Å². The monoisotopic (exact) mass is 300 g/mol. The fourth-order valence-corrected chi connectivity index (χ4v) is 1.90. The highest BCUT2D eigenvalue weighted by molar-refractivity contribution is 5.58. The fourth-order valence-electron chi connectivity index (χ4n) is 1.90. The Morgan fingerprint density at radius 2 is 2.05 bits per heavy atom. The lowest BCUT2D eigenvalue weighted by molar-refractivity contribution is -0.141. The number of halogens is 3. The summed E-state index contributed by atoms with van der Waals surface area (Å²) in [4.78, 5) is 14.2. The highest BCUT2D eigenvalue weighted by atomic mass is 19.4. The average Bonchev–Trinajstić information content (AvgIpc) is 2.71. The third-order valence-electron chi connectivity index (χ3n) is 2.72. The van der Waals surface area contributed by atoms with Crippen molar-refractivity contribution in [3.63, 3.8) is 0 Å². The Balaban J connectivity index is 2.61. The normalized spacial score (nSPS) is 12.7. The van der Waals surface area contributed by atoms with Gasteiger partial charge in [-0.05, 0) is 32.0 Å². The molecule has 8 heteroatoms. The number of nitrogens with one attached hydrogen (secondary N) is 1. The molecule has 0 saturated heterocycles. The molecule has 2 aromatic heterocycles. The minimum absolute atomic E-state index is 0.0484. The van der Waals surface area contributed by atoms with Crippen LogP contribution in [-0.4, -0.2) is 20.3 Å². The molecule has 0 radical (unpaired) electrons. The highest BCUT2D eigenvalue weighted by Crippen LogP contribution is 2.31. The van der Waals surface area contributed by atoms with E-state index in [0.717, 1.165) is 10.7 Å². The minimum Gasteiger partial charge on any atom is -0.329 e. The largest absolute Gasteiger partial charge is 0.435 e. The number of alkyl halides is 3. The Morgan fingerprint density at radius 3 is 2.57 bits per heavy atom. The molecule has 0 aliphatic rings. The number of rotatable bonds is 3. The number of pyridine rings is 1. The molecule has 2 heterocycles. The quantitative estimate of drug-likeness (QED) is 0.910. The predicted octanol–water partition coefficient (Wildman–Crippen LogP) is 1.99. The number of nitrogens with zero attached hydrogens (tertiary/aromatic N) is 2. The lowest BCUT2D eigenvalue weighted by atomic mass is 10.1. The van der Waals surface area contributed by atoms with Gasteiger partial charge in [-0.1, -0.05) is 0 Å². The summed E-state index contributed by atoms with van der Waals surface area (Å²) < 4.78 is 39.6. The molecule has 3 N–H and O–H groups in total. The molecule has 0 spiro atoms. The highest BCUT2D eigenvalue weighted by Gasteiger charge is 2.35. The zero-order valence-corrected chi connectivity index (χ0v) is 11.5. The summed E-state index contributed by atoms with van der Waals surface area (Å²) in [6.45, 7) is 3.38. The van der Waals surface area contributed by atoms with Crippen molar-refractivity contribution in [3.8, 4) is 11.3 Å². The van der Waals surface area contributed by atoms with Crippen LogP contribution in [0.1, 0.15) is 19.5 Å². The van der Waals surface area contributed by atoms with Crippen LogP contribution in [0, 0.1) is 0 Å². The van der Waals surface area contributed by atoms with Gasteiger partial charge < -0.3 is 10.7 Å². The van der Waals surface area contributed by atoms with Crippen LogP contribution in [0.2, 0.25) is 0 Å². The lowest BCUT2D eigenvalue weighted by Crippen LogP contribution is -2.37. The van der Waals surface area contributed by atoms with Crippen molar-refractivity contribution in [3.05, 3.63) is 40.4 Å². The summed E-state index contributed by atoms with van der Waals surface area (Å²) in [6.07, 6.45) is -3.18. The van der Waals surface area contributed by atoms with E-state index in [1.807, 2.05) is 0 Å². The van der Waals surface area contributed by atoms with Crippen LogP contribution >= 0.6 is 0 Å². The van der Waals surface area contributed by atoms with E-state index >= 15 is 0 Å². The molecule has 0 aliphatic carbocycles. The van der Waals surface area contributed by atoms with Crippen LogP contribution in [0.15, 0.2) is 29.2 Å². The van der Waals surface area contributed by atoms with E-state index < -0.39 is 23.0 Å². The third-order valence-corrected chi connectivity index (χ3v) is 2.72.